The number of benzene rings is 4. The van der Waals surface area contributed by atoms with E-state index in [4.69, 9.17) is 14.0 Å². The summed E-state index contributed by atoms with van der Waals surface area (Å²) in [6, 6.07) is 35.8. The minimum atomic E-state index is -2.15. The molecular weight excluding hydrogens is 813 g/mol. The Kier molecular flexibility index (Phi) is 8.08. The third kappa shape index (κ3) is 7.84. The van der Waals surface area contributed by atoms with Crippen LogP contribution in [0.3, 0.4) is 0 Å². The molecule has 0 saturated carbocycles. The van der Waals surface area contributed by atoms with Gasteiger partial charge >= 0.3 is 110 Å². The molecule has 0 atom stereocenters. The van der Waals surface area contributed by atoms with E-state index in [0.717, 1.165) is 44.3 Å². The van der Waals surface area contributed by atoms with Gasteiger partial charge in [-0.2, -0.15) is 0 Å². The summed E-state index contributed by atoms with van der Waals surface area (Å²) >= 11 is -1.83. The fourth-order valence-electron chi connectivity index (χ4n) is 5.27. The maximum Gasteiger partial charge on any atom is 0.121 e. The molecule has 0 aliphatic carbocycles. The van der Waals surface area contributed by atoms with Gasteiger partial charge < -0.3 is 9.40 Å². The zero-order valence-electron chi connectivity index (χ0n) is 34.0. The topological polar surface area (TPSA) is 38.9 Å². The van der Waals surface area contributed by atoms with Crippen LogP contribution in [-0.2, 0) is 20.1 Å². The summed E-state index contributed by atoms with van der Waals surface area (Å²) in [6.45, 7) is -0.536. The van der Waals surface area contributed by atoms with Crippen molar-refractivity contribution < 1.29 is 34.1 Å². The summed E-state index contributed by atoms with van der Waals surface area (Å²) < 4.78 is 61.1. The van der Waals surface area contributed by atoms with Crippen molar-refractivity contribution in [3.8, 4) is 33.6 Å². The van der Waals surface area contributed by atoms with Gasteiger partial charge in [0.2, 0.25) is 0 Å². The molecule has 47 heavy (non-hydrogen) atoms. The first-order valence-corrected chi connectivity index (χ1v) is 22.6. The number of pyridine rings is 2. The van der Waals surface area contributed by atoms with Crippen molar-refractivity contribution in [2.75, 3.05) is 0 Å². The van der Waals surface area contributed by atoms with E-state index in [0.29, 0.717) is 28.0 Å². The molecule has 3 nitrogen and oxygen atoms in total. The Labute approximate surface area is 305 Å². The molecule has 0 spiro atoms. The fraction of sp³-hybridized carbons (Fsp3) is 0.190. The summed E-state index contributed by atoms with van der Waals surface area (Å²) in [5.41, 5.74) is 7.71. The molecule has 5 heteroatoms. The zero-order valence-corrected chi connectivity index (χ0v) is 31.5. The molecule has 3 heterocycles. The average molecular weight is 861 g/mol. The minimum Gasteiger partial charge on any atom is -0.501 e. The zero-order chi connectivity index (χ0) is 38.3. The van der Waals surface area contributed by atoms with Crippen LogP contribution < -0.4 is 4.40 Å². The van der Waals surface area contributed by atoms with E-state index in [1.165, 1.54) is 10.5 Å². The first kappa shape index (κ1) is 26.2. The fourth-order valence-corrected chi connectivity index (χ4v) is 7.44. The van der Waals surface area contributed by atoms with E-state index in [-0.39, 0.29) is 20.1 Å². The Morgan fingerprint density at radius 3 is 2.32 bits per heavy atom. The van der Waals surface area contributed by atoms with Crippen molar-refractivity contribution in [2.45, 2.75) is 50.7 Å². The average Bonchev–Trinajstić information content (AvgIpc) is 3.49. The molecule has 0 fully saturated rings. The summed E-state index contributed by atoms with van der Waals surface area (Å²) in [5, 5.41) is 1.92. The van der Waals surface area contributed by atoms with Crippen LogP contribution in [0.5, 0.6) is 0 Å². The van der Waals surface area contributed by atoms with Crippen molar-refractivity contribution in [3.63, 3.8) is 0 Å². The molecule has 0 aliphatic rings. The molecule has 0 bridgehead atoms. The van der Waals surface area contributed by atoms with Gasteiger partial charge in [0.05, 0.1) is 5.58 Å². The van der Waals surface area contributed by atoms with Gasteiger partial charge in [0, 0.05) is 37.2 Å². The predicted octanol–water partition coefficient (Wildman–Crippen LogP) is 10.9. The van der Waals surface area contributed by atoms with E-state index < -0.39 is 32.9 Å². The SMILES string of the molecule is [2H]C([2H])([2H])c1c[c-]c(-c2cc[c]([Ge]([CH3])([CH3])[CH3])cn2)cc1.[2H]C([2H])([2H])c1cccc(-c2ccc3c(c2)oc2c(-c4cc(C([2H])(C)C)ccn4)[c-]ccc23)c1.[Ir]. The van der Waals surface area contributed by atoms with E-state index in [2.05, 4.69) is 45.4 Å². The normalized spacial score (nSPS) is 14.3. The van der Waals surface area contributed by atoms with Crippen LogP contribution in [0.25, 0.3) is 55.6 Å². The second-order valence-corrected chi connectivity index (χ2v) is 23.2. The molecule has 7 rings (SSSR count). The van der Waals surface area contributed by atoms with Crippen LogP contribution in [0.2, 0.25) is 17.3 Å². The number of nitrogens with zero attached hydrogens (tertiary/aromatic N) is 2. The van der Waals surface area contributed by atoms with Gasteiger partial charge in [0.25, 0.3) is 0 Å². The maximum absolute atomic E-state index is 8.35. The first-order chi connectivity index (χ1) is 24.8. The van der Waals surface area contributed by atoms with Crippen LogP contribution >= 0.6 is 0 Å². The summed E-state index contributed by atoms with van der Waals surface area (Å²) in [4.78, 5) is 9.00. The van der Waals surface area contributed by atoms with E-state index >= 15 is 0 Å². The van der Waals surface area contributed by atoms with E-state index in [9.17, 15) is 0 Å². The summed E-state index contributed by atoms with van der Waals surface area (Å²) in [5.74, 6) is 6.24. The third-order valence-corrected chi connectivity index (χ3v) is 12.2. The van der Waals surface area contributed by atoms with Gasteiger partial charge in [-0.05, 0) is 41.7 Å². The Morgan fingerprint density at radius 1 is 0.787 bits per heavy atom. The second-order valence-electron chi connectivity index (χ2n) is 12.6. The van der Waals surface area contributed by atoms with Crippen LogP contribution in [0.4, 0.5) is 0 Å². The molecule has 1 radical (unpaired) electrons. The number of hydrogen-bond acceptors (Lipinski definition) is 3. The smallest absolute Gasteiger partial charge is 0.121 e. The number of hydrogen-bond donors (Lipinski definition) is 0. The van der Waals surface area contributed by atoms with Gasteiger partial charge in [-0.25, -0.2) is 0 Å². The molecule has 0 aliphatic heterocycles. The standard InChI is InChI=1S/C27H22NO.C15H18GeN.Ir/c1-17(2)19-12-13-28-25(15-19)24-9-5-8-23-22-11-10-21(16-26(22)29-27(23)24)20-7-4-6-18(3)14-20;1-12-5-7-13(8-6-12)15-10-9-14(11-17-15)16(2,3)4;/h4-8,10-17H,1-3H3;5-7,9-11H,1-4H3;/q2*-1;/i3D3,17D;1D3;. The summed E-state index contributed by atoms with van der Waals surface area (Å²) in [7, 11) is 0. The number of fused-ring (bicyclic) bond motifs is 3. The number of rotatable bonds is 5. The predicted molar refractivity (Wildman–Crippen MR) is 196 cm³/mol. The van der Waals surface area contributed by atoms with Crippen LogP contribution in [0, 0.1) is 25.8 Å². The number of aromatic nitrogens is 2. The van der Waals surface area contributed by atoms with Crippen molar-refractivity contribution in [2.24, 2.45) is 0 Å². The van der Waals surface area contributed by atoms with E-state index in [1.807, 2.05) is 74.6 Å². The quantitative estimate of drug-likeness (QED) is 0.128. The molecule has 3 aromatic heterocycles. The van der Waals surface area contributed by atoms with Crippen molar-refractivity contribution in [3.05, 3.63) is 138 Å². The summed E-state index contributed by atoms with van der Waals surface area (Å²) in [6.07, 6.45) is 3.66. The van der Waals surface area contributed by atoms with Gasteiger partial charge in [0.15, 0.2) is 0 Å². The van der Waals surface area contributed by atoms with Gasteiger partial charge in [-0.1, -0.05) is 78.4 Å². The maximum atomic E-state index is 8.35. The molecule has 0 unspecified atom stereocenters. The van der Waals surface area contributed by atoms with Gasteiger partial charge in [-0.15, -0.1) is 18.2 Å². The van der Waals surface area contributed by atoms with Gasteiger partial charge in [-0.3, -0.25) is 0 Å². The monoisotopic (exact) mass is 862 g/mol. The van der Waals surface area contributed by atoms with E-state index in [1.54, 1.807) is 36.5 Å². The van der Waals surface area contributed by atoms with Crippen LogP contribution in [0.1, 0.15) is 46.0 Å². The minimum absolute atomic E-state index is 0. The molecule has 0 N–H and O–H groups in total. The second kappa shape index (κ2) is 14.5. The Hall–Kier alpha value is -3.83. The molecule has 0 saturated heterocycles. The van der Waals surface area contributed by atoms with Crippen LogP contribution in [-0.4, -0.2) is 23.2 Å². The molecule has 0 amide bonds. The molecular formula is C42H40GeIrN2O-2. The molecule has 7 aromatic rings. The molecule has 4 aromatic carbocycles. The van der Waals surface area contributed by atoms with Crippen LogP contribution in [0.15, 0.2) is 114 Å². The number of furan rings is 1. The third-order valence-electron chi connectivity index (χ3n) is 7.94. The van der Waals surface area contributed by atoms with Crippen molar-refractivity contribution in [1.29, 1.82) is 0 Å². The largest absolute Gasteiger partial charge is 0.501 e. The van der Waals surface area contributed by atoms with Crippen molar-refractivity contribution >= 4 is 39.6 Å². The Balaban J connectivity index is 0.000000230. The van der Waals surface area contributed by atoms with Gasteiger partial charge in [0.1, 0.15) is 5.58 Å². The Morgan fingerprint density at radius 2 is 1.62 bits per heavy atom. The molecule has 239 valence electrons. The number of aryl methyl sites for hydroxylation is 2. The first-order valence-electron chi connectivity index (χ1n) is 18.7. The Bertz CT molecular complexity index is 2340. The van der Waals surface area contributed by atoms with Crippen molar-refractivity contribution in [1.82, 2.24) is 9.97 Å².